The highest BCUT2D eigenvalue weighted by Gasteiger charge is 2.16. The monoisotopic (exact) mass is 356 g/mol. The number of ether oxygens (including phenoxy) is 2. The molecule has 24 heavy (non-hydrogen) atoms. The molecule has 1 unspecified atom stereocenters. The highest BCUT2D eigenvalue weighted by molar-refractivity contribution is 5.91. The second-order valence-corrected chi connectivity index (χ2v) is 5.79. The second kappa shape index (κ2) is 10.2. The molecule has 0 aliphatic carbocycles. The van der Waals surface area contributed by atoms with Crippen LogP contribution in [0.25, 0.3) is 0 Å². The normalized spacial score (nSPS) is 16.2. The van der Waals surface area contributed by atoms with Crippen LogP contribution in [0, 0.1) is 12.8 Å². The number of rotatable bonds is 7. The predicted molar refractivity (Wildman–Crippen MR) is 94.8 cm³/mol. The molecule has 0 spiro atoms. The number of nitrogens with one attached hydrogen (secondary N) is 2. The Morgan fingerprint density at radius 3 is 2.79 bits per heavy atom. The molecule has 1 aliphatic heterocycles. The van der Waals surface area contributed by atoms with Crippen LogP contribution in [-0.2, 0) is 14.3 Å². The molecule has 2 rings (SSSR count). The van der Waals surface area contributed by atoms with Gasteiger partial charge in [0, 0.05) is 12.1 Å². The van der Waals surface area contributed by atoms with Crippen LogP contribution in [0.4, 0.5) is 5.69 Å². The minimum atomic E-state index is -0.429. The first-order valence-electron chi connectivity index (χ1n) is 7.89. The highest BCUT2D eigenvalue weighted by Crippen LogP contribution is 2.22. The molecule has 1 saturated heterocycles. The van der Waals surface area contributed by atoms with Crippen LogP contribution in [0.15, 0.2) is 18.2 Å². The molecule has 2 N–H and O–H groups in total. The van der Waals surface area contributed by atoms with Crippen molar-refractivity contribution in [3.05, 3.63) is 23.8 Å². The zero-order valence-electron chi connectivity index (χ0n) is 14.1. The molecule has 0 aromatic heterocycles. The standard InChI is InChI=1S/C17H24N2O4.ClH/c1-12-9-14(23-11-17(21)22-2)4-5-15(12)19-16(20)6-3-13-7-8-18-10-13;/h4-5,9,13,18H,3,6-8,10-11H2,1-2H3,(H,19,20);1H. The maximum absolute atomic E-state index is 12.0. The van der Waals surface area contributed by atoms with Gasteiger partial charge in [-0.1, -0.05) is 0 Å². The lowest BCUT2D eigenvalue weighted by atomic mass is 10.0. The van der Waals surface area contributed by atoms with Crippen molar-refractivity contribution >= 4 is 30.0 Å². The van der Waals surface area contributed by atoms with Gasteiger partial charge in [0.1, 0.15) is 5.75 Å². The van der Waals surface area contributed by atoms with Crippen LogP contribution in [0.5, 0.6) is 5.75 Å². The number of methoxy groups -OCH3 is 1. The number of benzene rings is 1. The minimum absolute atomic E-state index is 0. The third-order valence-electron chi connectivity index (χ3n) is 4.00. The van der Waals surface area contributed by atoms with Crippen LogP contribution in [0.3, 0.4) is 0 Å². The molecule has 7 heteroatoms. The largest absolute Gasteiger partial charge is 0.482 e. The summed E-state index contributed by atoms with van der Waals surface area (Å²) in [7, 11) is 1.32. The molecular formula is C17H25ClN2O4. The summed E-state index contributed by atoms with van der Waals surface area (Å²) in [6.45, 7) is 3.83. The summed E-state index contributed by atoms with van der Waals surface area (Å²) >= 11 is 0. The number of esters is 1. The predicted octanol–water partition coefficient (Wildman–Crippen LogP) is 2.30. The van der Waals surface area contributed by atoms with Crippen LogP contribution in [-0.4, -0.2) is 38.7 Å². The van der Waals surface area contributed by atoms with Crippen LogP contribution >= 0.6 is 12.4 Å². The van der Waals surface area contributed by atoms with Gasteiger partial charge in [-0.25, -0.2) is 4.79 Å². The molecule has 1 aromatic carbocycles. The Balaban J connectivity index is 0.00000288. The fourth-order valence-corrected chi connectivity index (χ4v) is 2.58. The number of halogens is 1. The number of carbonyl (C=O) groups is 2. The third-order valence-corrected chi connectivity index (χ3v) is 4.00. The average Bonchev–Trinajstić information content (AvgIpc) is 3.06. The molecular weight excluding hydrogens is 332 g/mol. The number of amides is 1. The van der Waals surface area contributed by atoms with Gasteiger partial charge in [-0.15, -0.1) is 12.4 Å². The molecule has 1 atom stereocenters. The first-order chi connectivity index (χ1) is 11.1. The van der Waals surface area contributed by atoms with Gasteiger partial charge in [0.05, 0.1) is 7.11 Å². The fraction of sp³-hybridized carbons (Fsp3) is 0.529. The summed E-state index contributed by atoms with van der Waals surface area (Å²) < 4.78 is 9.84. The lowest BCUT2D eigenvalue weighted by Crippen LogP contribution is -2.16. The maximum Gasteiger partial charge on any atom is 0.343 e. The lowest BCUT2D eigenvalue weighted by Gasteiger charge is -2.12. The lowest BCUT2D eigenvalue weighted by molar-refractivity contribution is -0.142. The van der Waals surface area contributed by atoms with E-state index in [0.717, 1.165) is 37.2 Å². The molecule has 134 valence electrons. The number of aryl methyl sites for hydroxylation is 1. The maximum atomic E-state index is 12.0. The number of anilines is 1. The van der Waals surface area contributed by atoms with E-state index in [0.29, 0.717) is 18.1 Å². The van der Waals surface area contributed by atoms with Crippen molar-refractivity contribution in [1.29, 1.82) is 0 Å². The van der Waals surface area contributed by atoms with E-state index in [4.69, 9.17) is 4.74 Å². The van der Waals surface area contributed by atoms with Gasteiger partial charge in [0.25, 0.3) is 0 Å². The second-order valence-electron chi connectivity index (χ2n) is 5.79. The van der Waals surface area contributed by atoms with E-state index < -0.39 is 5.97 Å². The number of hydrogen-bond acceptors (Lipinski definition) is 5. The summed E-state index contributed by atoms with van der Waals surface area (Å²) in [6, 6.07) is 5.31. The first-order valence-corrected chi connectivity index (χ1v) is 7.89. The fourth-order valence-electron chi connectivity index (χ4n) is 2.58. The molecule has 0 saturated carbocycles. The Morgan fingerprint density at radius 2 is 2.17 bits per heavy atom. The Morgan fingerprint density at radius 1 is 1.38 bits per heavy atom. The molecule has 1 amide bonds. The van der Waals surface area contributed by atoms with Crippen molar-refractivity contribution in [2.45, 2.75) is 26.2 Å². The molecule has 1 aliphatic rings. The van der Waals surface area contributed by atoms with Crippen molar-refractivity contribution in [1.82, 2.24) is 5.32 Å². The van der Waals surface area contributed by atoms with E-state index >= 15 is 0 Å². The summed E-state index contributed by atoms with van der Waals surface area (Å²) in [5.74, 6) is 0.781. The number of hydrogen-bond donors (Lipinski definition) is 2. The van der Waals surface area contributed by atoms with Crippen molar-refractivity contribution in [2.24, 2.45) is 5.92 Å². The SMILES string of the molecule is COC(=O)COc1ccc(NC(=O)CCC2CCNC2)c(C)c1.Cl. The van der Waals surface area contributed by atoms with Crippen molar-refractivity contribution in [3.63, 3.8) is 0 Å². The molecule has 1 heterocycles. The quantitative estimate of drug-likeness (QED) is 0.733. The average molecular weight is 357 g/mol. The zero-order chi connectivity index (χ0) is 16.7. The smallest absolute Gasteiger partial charge is 0.343 e. The van der Waals surface area contributed by atoms with E-state index in [2.05, 4.69) is 15.4 Å². The van der Waals surface area contributed by atoms with E-state index in [-0.39, 0.29) is 24.9 Å². The van der Waals surface area contributed by atoms with Crippen LogP contribution < -0.4 is 15.4 Å². The highest BCUT2D eigenvalue weighted by atomic mass is 35.5. The van der Waals surface area contributed by atoms with E-state index in [9.17, 15) is 9.59 Å². The van der Waals surface area contributed by atoms with Gasteiger partial charge in [0.15, 0.2) is 6.61 Å². The summed E-state index contributed by atoms with van der Waals surface area (Å²) in [5, 5.41) is 6.24. The first kappa shape index (κ1) is 20.3. The van der Waals surface area contributed by atoms with E-state index in [1.165, 1.54) is 7.11 Å². The third kappa shape index (κ3) is 6.37. The Kier molecular flexibility index (Phi) is 8.57. The van der Waals surface area contributed by atoms with Crippen molar-refractivity contribution in [2.75, 3.05) is 32.1 Å². The van der Waals surface area contributed by atoms with Gasteiger partial charge in [-0.2, -0.15) is 0 Å². The van der Waals surface area contributed by atoms with Crippen molar-refractivity contribution < 1.29 is 19.1 Å². The summed E-state index contributed by atoms with van der Waals surface area (Å²) in [4.78, 5) is 23.1. The molecule has 6 nitrogen and oxygen atoms in total. The zero-order valence-corrected chi connectivity index (χ0v) is 14.9. The molecule has 0 radical (unpaired) electrons. The van der Waals surface area contributed by atoms with Crippen LogP contribution in [0.1, 0.15) is 24.8 Å². The van der Waals surface area contributed by atoms with Crippen LogP contribution in [0.2, 0.25) is 0 Å². The van der Waals surface area contributed by atoms with Gasteiger partial charge in [0.2, 0.25) is 5.91 Å². The van der Waals surface area contributed by atoms with Gasteiger partial charge in [-0.3, -0.25) is 4.79 Å². The Labute approximate surface area is 148 Å². The van der Waals surface area contributed by atoms with E-state index in [1.54, 1.807) is 18.2 Å². The summed E-state index contributed by atoms with van der Waals surface area (Å²) in [6.07, 6.45) is 2.60. The van der Waals surface area contributed by atoms with Gasteiger partial charge < -0.3 is 20.1 Å². The van der Waals surface area contributed by atoms with Crippen molar-refractivity contribution in [3.8, 4) is 5.75 Å². The molecule has 1 aromatic rings. The van der Waals surface area contributed by atoms with Gasteiger partial charge in [-0.05, 0) is 62.5 Å². The molecule has 1 fully saturated rings. The Hall–Kier alpha value is -1.79. The van der Waals surface area contributed by atoms with E-state index in [1.807, 2.05) is 6.92 Å². The Bertz CT molecular complexity index is 560. The minimum Gasteiger partial charge on any atom is -0.482 e. The van der Waals surface area contributed by atoms with Gasteiger partial charge >= 0.3 is 5.97 Å². The topological polar surface area (TPSA) is 76.7 Å². The summed E-state index contributed by atoms with van der Waals surface area (Å²) in [5.41, 5.74) is 1.66. The molecule has 0 bridgehead atoms. The number of carbonyl (C=O) groups excluding carboxylic acids is 2.